The molecule has 224 valence electrons. The van der Waals surface area contributed by atoms with Gasteiger partial charge >= 0.3 is 5.97 Å². The van der Waals surface area contributed by atoms with Gasteiger partial charge in [0.15, 0.2) is 16.0 Å². The number of aromatic nitrogens is 1. The van der Waals surface area contributed by atoms with Gasteiger partial charge in [-0.3, -0.25) is 19.3 Å². The molecule has 3 heterocycles. The molecule has 0 radical (unpaired) electrons. The smallest absolute Gasteiger partial charge is 0.352 e. The van der Waals surface area contributed by atoms with Crippen LogP contribution in [0.1, 0.15) is 25.1 Å². The number of anilines is 1. The van der Waals surface area contributed by atoms with Crippen molar-refractivity contribution in [2.75, 3.05) is 37.4 Å². The Morgan fingerprint density at radius 2 is 2.14 bits per heavy atom. The van der Waals surface area contributed by atoms with E-state index in [1.165, 1.54) is 35.5 Å². The number of carboxylic acid groups (broad SMARTS) is 1. The quantitative estimate of drug-likeness (QED) is 0.126. The Morgan fingerprint density at radius 3 is 2.79 bits per heavy atom. The monoisotopic (exact) mass is 650 g/mol. The number of benzene rings is 1. The number of nitrogens with two attached hydrogens (primary N) is 1. The third kappa shape index (κ3) is 7.47. The minimum Gasteiger partial charge on any atom is -0.477 e. The Balaban J connectivity index is 1.46. The minimum absolute atomic E-state index is 0.0539. The van der Waals surface area contributed by atoms with Crippen LogP contribution in [0.25, 0.3) is 0 Å². The molecule has 2 aliphatic heterocycles. The number of rotatable bonds is 13. The third-order valence-electron chi connectivity index (χ3n) is 6.25. The van der Waals surface area contributed by atoms with Gasteiger partial charge in [0.1, 0.15) is 29.9 Å². The van der Waals surface area contributed by atoms with Crippen molar-refractivity contribution >= 4 is 80.6 Å². The molecule has 1 fully saturated rings. The van der Waals surface area contributed by atoms with Crippen LogP contribution in [-0.4, -0.2) is 91.0 Å². The predicted octanol–water partition coefficient (Wildman–Crippen LogP) is 2.67. The van der Waals surface area contributed by atoms with Crippen molar-refractivity contribution in [3.8, 4) is 0 Å². The molecule has 0 unspecified atom stereocenters. The molecule has 4 N–H and O–H groups in total. The summed E-state index contributed by atoms with van der Waals surface area (Å²) in [5, 5.41) is 17.8. The zero-order chi connectivity index (χ0) is 30.4. The molecule has 12 nitrogen and oxygen atoms in total. The maximum atomic E-state index is 13.2. The van der Waals surface area contributed by atoms with Gasteiger partial charge in [-0.15, -0.1) is 23.1 Å². The molecule has 2 amide bonds. The summed E-state index contributed by atoms with van der Waals surface area (Å²) in [7, 11) is 1.28. The number of thioether (sulfide) groups is 2. The standard InChI is InChI=1S/C26H30N6O6S4/c1-4-31(8-9-39-14(2)33)42-17-7-5-6-15(11-17)10-16-12-40-24-20(23(35)32(24)21(16)25(36)37)29-22(34)19(30-38-3)18-13-41-26(27)28-18/h5-7,11,13,20,24H,4,8-10,12H2,1-3H3,(H2,27,28)(H,29,34)(H,36,37)/b30-19-/t20-,24-/m1/s1. The second kappa shape index (κ2) is 14.4. The first-order chi connectivity index (χ1) is 20.1. The van der Waals surface area contributed by atoms with Crippen molar-refractivity contribution in [1.82, 2.24) is 19.5 Å². The number of carbonyl (C=O) groups is 4. The van der Waals surface area contributed by atoms with Crippen molar-refractivity contribution < 1.29 is 29.1 Å². The molecule has 0 spiro atoms. The molecule has 1 aromatic carbocycles. The van der Waals surface area contributed by atoms with Crippen molar-refractivity contribution in [3.63, 3.8) is 0 Å². The van der Waals surface area contributed by atoms with Crippen LogP contribution >= 0.6 is 46.8 Å². The summed E-state index contributed by atoms with van der Waals surface area (Å²) in [4.78, 5) is 60.8. The summed E-state index contributed by atoms with van der Waals surface area (Å²) in [5.74, 6) is -1.31. The SMILES string of the molecule is CCN(CCSC(C)=O)Sc1cccc(CC2=C(C(=O)O)N3C(=O)[C@@H](NC(=O)/C(=N\OC)c4csc(N)n4)[C@H]3SC2)c1. The largest absolute Gasteiger partial charge is 0.477 e. The highest BCUT2D eigenvalue weighted by Gasteiger charge is 2.54. The Bertz CT molecular complexity index is 1430. The molecule has 4 rings (SSSR count). The van der Waals surface area contributed by atoms with E-state index in [9.17, 15) is 24.3 Å². The van der Waals surface area contributed by atoms with E-state index in [2.05, 4.69) is 26.7 Å². The number of carboxylic acids is 1. The van der Waals surface area contributed by atoms with E-state index in [4.69, 9.17) is 10.6 Å². The number of hydrogen-bond donors (Lipinski definition) is 3. The van der Waals surface area contributed by atoms with Crippen molar-refractivity contribution in [2.45, 2.75) is 36.6 Å². The van der Waals surface area contributed by atoms with E-state index in [1.54, 1.807) is 24.3 Å². The lowest BCUT2D eigenvalue weighted by atomic mass is 9.99. The molecule has 0 aliphatic carbocycles. The molecule has 2 aromatic rings. The number of nitrogens with one attached hydrogen (secondary N) is 1. The molecular formula is C26H30N6O6S4. The molecule has 42 heavy (non-hydrogen) atoms. The number of aliphatic carboxylic acids is 1. The fraction of sp³-hybridized carbons (Fsp3) is 0.385. The Hall–Kier alpha value is -3.05. The maximum Gasteiger partial charge on any atom is 0.352 e. The fourth-order valence-electron chi connectivity index (χ4n) is 4.39. The normalized spacial score (nSPS) is 18.5. The number of carbonyl (C=O) groups excluding carboxylic acids is 3. The number of nitrogens with zero attached hydrogens (tertiary/aromatic N) is 4. The van der Waals surface area contributed by atoms with Gasteiger partial charge in [0.25, 0.3) is 11.8 Å². The number of β-lactam (4-membered cyclic amide) rings is 1. The zero-order valence-electron chi connectivity index (χ0n) is 23.1. The first-order valence-electron chi connectivity index (χ1n) is 12.8. The van der Waals surface area contributed by atoms with Crippen LogP contribution in [0, 0.1) is 0 Å². The molecule has 0 bridgehead atoms. The van der Waals surface area contributed by atoms with Gasteiger partial charge in [-0.05, 0) is 41.6 Å². The Morgan fingerprint density at radius 1 is 1.36 bits per heavy atom. The van der Waals surface area contributed by atoms with Gasteiger partial charge in [-0.2, -0.15) is 0 Å². The number of oxime groups is 1. The molecule has 16 heteroatoms. The van der Waals surface area contributed by atoms with Crippen LogP contribution in [0.15, 0.2) is 51.0 Å². The highest BCUT2D eigenvalue weighted by atomic mass is 32.2. The van der Waals surface area contributed by atoms with Gasteiger partial charge in [0.05, 0.1) is 0 Å². The van der Waals surface area contributed by atoms with Crippen molar-refractivity contribution in [3.05, 3.63) is 52.2 Å². The van der Waals surface area contributed by atoms with E-state index >= 15 is 0 Å². The van der Waals surface area contributed by atoms with Gasteiger partial charge in [-0.1, -0.05) is 36.0 Å². The summed E-state index contributed by atoms with van der Waals surface area (Å²) < 4.78 is 2.16. The van der Waals surface area contributed by atoms with Gasteiger partial charge < -0.3 is 21.0 Å². The molecule has 2 aliphatic rings. The number of fused-ring (bicyclic) bond motifs is 1. The first-order valence-corrected chi connectivity index (χ1v) is 16.5. The Kier molecular flexibility index (Phi) is 10.9. The fourth-order valence-corrected chi connectivity index (χ4v) is 7.95. The van der Waals surface area contributed by atoms with Gasteiger partial charge in [-0.25, -0.2) is 14.1 Å². The summed E-state index contributed by atoms with van der Waals surface area (Å²) >= 11 is 5.40. The minimum atomic E-state index is -1.20. The van der Waals surface area contributed by atoms with Crippen LogP contribution in [0.3, 0.4) is 0 Å². The lowest BCUT2D eigenvalue weighted by Gasteiger charge is -2.49. The number of amides is 2. The second-order valence-electron chi connectivity index (χ2n) is 9.09. The molecule has 0 saturated carbocycles. The van der Waals surface area contributed by atoms with Crippen LogP contribution in [-0.2, 0) is 30.4 Å². The van der Waals surface area contributed by atoms with Crippen LogP contribution in [0.5, 0.6) is 0 Å². The summed E-state index contributed by atoms with van der Waals surface area (Å²) in [6.45, 7) is 5.15. The van der Waals surface area contributed by atoms with Crippen LogP contribution in [0.4, 0.5) is 5.13 Å². The van der Waals surface area contributed by atoms with E-state index in [0.717, 1.165) is 34.9 Å². The zero-order valence-corrected chi connectivity index (χ0v) is 26.3. The van der Waals surface area contributed by atoms with Crippen LogP contribution in [0.2, 0.25) is 0 Å². The van der Waals surface area contributed by atoms with Gasteiger partial charge in [0.2, 0.25) is 0 Å². The maximum absolute atomic E-state index is 13.2. The number of thiazole rings is 1. The topological polar surface area (TPSA) is 168 Å². The third-order valence-corrected chi connectivity index (χ3v) is 10.2. The molecule has 2 atom stereocenters. The van der Waals surface area contributed by atoms with E-state index in [0.29, 0.717) is 23.5 Å². The van der Waals surface area contributed by atoms with E-state index in [-0.39, 0.29) is 27.3 Å². The average molecular weight is 651 g/mol. The van der Waals surface area contributed by atoms with E-state index in [1.807, 2.05) is 24.3 Å². The second-order valence-corrected chi connectivity index (χ2v) is 13.5. The lowest BCUT2D eigenvalue weighted by molar-refractivity contribution is -0.150. The Labute approximate surface area is 259 Å². The number of nitrogen functional groups attached to an aromatic ring is 1. The molecule has 1 aromatic heterocycles. The predicted molar refractivity (Wildman–Crippen MR) is 166 cm³/mol. The summed E-state index contributed by atoms with van der Waals surface area (Å²) in [6.07, 6.45) is 0.360. The van der Waals surface area contributed by atoms with Crippen LogP contribution < -0.4 is 11.1 Å². The number of hydrogen-bond acceptors (Lipinski definition) is 13. The average Bonchev–Trinajstić information content (AvgIpc) is 3.39. The highest BCUT2D eigenvalue weighted by molar-refractivity contribution is 8.13. The van der Waals surface area contributed by atoms with Crippen molar-refractivity contribution in [2.24, 2.45) is 5.16 Å². The molecule has 1 saturated heterocycles. The summed E-state index contributed by atoms with van der Waals surface area (Å²) in [5.41, 5.74) is 7.24. The summed E-state index contributed by atoms with van der Waals surface area (Å²) in [6, 6.07) is 6.92. The van der Waals surface area contributed by atoms with E-state index < -0.39 is 29.2 Å². The first kappa shape index (κ1) is 31.9. The van der Waals surface area contributed by atoms with Gasteiger partial charge in [0, 0.05) is 41.8 Å². The highest BCUT2D eigenvalue weighted by Crippen LogP contribution is 2.41. The van der Waals surface area contributed by atoms with Crippen molar-refractivity contribution in [1.29, 1.82) is 0 Å². The molecular weight excluding hydrogens is 621 g/mol. The lowest BCUT2D eigenvalue weighted by Crippen LogP contribution is -2.71.